The third-order valence-corrected chi connectivity index (χ3v) is 10.7. The number of halogens is 2. The Bertz CT molecular complexity index is 1510. The van der Waals surface area contributed by atoms with Crippen molar-refractivity contribution in [3.63, 3.8) is 0 Å². The van der Waals surface area contributed by atoms with Crippen LogP contribution >= 0.6 is 23.2 Å². The molecule has 0 aromatic heterocycles. The summed E-state index contributed by atoms with van der Waals surface area (Å²) in [6.45, 7) is -0.0748. The van der Waals surface area contributed by atoms with Crippen molar-refractivity contribution in [1.82, 2.24) is 9.80 Å². The summed E-state index contributed by atoms with van der Waals surface area (Å²) in [7, 11) is 1.35. The maximum atomic E-state index is 14.0. The van der Waals surface area contributed by atoms with Gasteiger partial charge in [0.05, 0.1) is 18.4 Å². The highest BCUT2D eigenvalue weighted by molar-refractivity contribution is 6.53. The van der Waals surface area contributed by atoms with Gasteiger partial charge in [-0.25, -0.2) is 0 Å². The Balaban J connectivity index is 1.41. The fourth-order valence-electron chi connectivity index (χ4n) is 7.28. The van der Waals surface area contributed by atoms with E-state index in [1.165, 1.54) is 11.9 Å². The molecular formula is C31H30Cl2N2O7. The Morgan fingerprint density at radius 2 is 1.69 bits per heavy atom. The van der Waals surface area contributed by atoms with Crippen LogP contribution in [0.15, 0.2) is 60.2 Å². The van der Waals surface area contributed by atoms with Crippen molar-refractivity contribution in [2.45, 2.75) is 34.9 Å². The average Bonchev–Trinajstić information content (AvgIpc) is 3.30. The molecule has 11 heteroatoms. The first-order valence-corrected chi connectivity index (χ1v) is 14.7. The van der Waals surface area contributed by atoms with Crippen molar-refractivity contribution < 1.29 is 34.1 Å². The monoisotopic (exact) mass is 612 g/mol. The smallest absolute Gasteiger partial charge is 0.253 e. The number of likely N-dealkylation sites (tertiary alicyclic amines) is 2. The van der Waals surface area contributed by atoms with E-state index in [4.69, 9.17) is 27.9 Å². The van der Waals surface area contributed by atoms with Gasteiger partial charge >= 0.3 is 0 Å². The van der Waals surface area contributed by atoms with Crippen LogP contribution in [0.1, 0.15) is 29.9 Å². The summed E-state index contributed by atoms with van der Waals surface area (Å²) < 4.78 is 5.82. The minimum atomic E-state index is -1.90. The van der Waals surface area contributed by atoms with E-state index in [0.717, 1.165) is 10.5 Å². The summed E-state index contributed by atoms with van der Waals surface area (Å²) in [5.74, 6) is -4.35. The van der Waals surface area contributed by atoms with Crippen molar-refractivity contribution in [2.75, 3.05) is 26.8 Å². The molecule has 0 spiro atoms. The quantitative estimate of drug-likeness (QED) is 0.280. The van der Waals surface area contributed by atoms with E-state index in [0.29, 0.717) is 23.3 Å². The molecule has 1 saturated carbocycles. The summed E-state index contributed by atoms with van der Waals surface area (Å²) >= 11 is 14.4. The predicted molar refractivity (Wildman–Crippen MR) is 153 cm³/mol. The number of aliphatic hydroxyl groups is 1. The number of amides is 4. The van der Waals surface area contributed by atoms with Crippen LogP contribution in [-0.2, 0) is 25.6 Å². The third kappa shape index (κ3) is 4.01. The maximum Gasteiger partial charge on any atom is 0.253 e. The summed E-state index contributed by atoms with van der Waals surface area (Å²) in [4.78, 5) is 53.3. The molecule has 4 aliphatic rings. The molecule has 6 atom stereocenters. The molecular weight excluding hydrogens is 583 g/mol. The standard InChI is InChI=1S/C31H30Cl2N2O7/c1-34-28(40)30(32)16-22-19(25(31(30,33)29(34)41)20-4-2-3-5-23(20)42-15-14-36)10-11-21-24(22)27(39)35(26(21)38)13-12-17-6-8-18(37)9-7-17/h2-10,21-22,24-25,36-37H,11-16H2,1H3. The summed E-state index contributed by atoms with van der Waals surface area (Å²) in [6, 6.07) is 13.5. The minimum Gasteiger partial charge on any atom is -0.508 e. The first kappa shape index (κ1) is 28.7. The number of hydrogen-bond acceptors (Lipinski definition) is 7. The number of carbonyl (C=O) groups is 4. The number of fused-ring (bicyclic) bond motifs is 4. The van der Waals surface area contributed by atoms with Gasteiger partial charge in [0.1, 0.15) is 18.1 Å². The number of imide groups is 2. The Morgan fingerprint density at radius 3 is 2.40 bits per heavy atom. The van der Waals surface area contributed by atoms with Crippen LogP contribution in [0.3, 0.4) is 0 Å². The summed E-state index contributed by atoms with van der Waals surface area (Å²) in [6.07, 6.45) is 2.49. The lowest BCUT2D eigenvalue weighted by Gasteiger charge is -2.51. The lowest BCUT2D eigenvalue weighted by molar-refractivity contribution is -0.141. The molecule has 0 radical (unpaired) electrons. The van der Waals surface area contributed by atoms with Crippen LogP contribution in [0.2, 0.25) is 0 Å². The number of carbonyl (C=O) groups excluding carboxylic acids is 4. The molecule has 220 valence electrons. The zero-order valence-electron chi connectivity index (χ0n) is 22.8. The molecule has 2 aromatic rings. The number of alkyl halides is 2. The van der Waals surface area contributed by atoms with Gasteiger partial charge in [0.25, 0.3) is 11.8 Å². The number of rotatable bonds is 7. The van der Waals surface area contributed by atoms with Crippen molar-refractivity contribution in [1.29, 1.82) is 0 Å². The van der Waals surface area contributed by atoms with Crippen molar-refractivity contribution in [3.05, 3.63) is 71.3 Å². The summed E-state index contributed by atoms with van der Waals surface area (Å²) in [5, 5.41) is 19.0. The lowest BCUT2D eigenvalue weighted by atomic mass is 9.56. The second kappa shape index (κ2) is 10.4. The van der Waals surface area contributed by atoms with Gasteiger partial charge in [0.2, 0.25) is 11.8 Å². The number of allylic oxidation sites excluding steroid dienone is 2. The van der Waals surface area contributed by atoms with Crippen molar-refractivity contribution in [2.24, 2.45) is 17.8 Å². The molecule has 2 aliphatic heterocycles. The van der Waals surface area contributed by atoms with Crippen LogP contribution in [0.25, 0.3) is 0 Å². The second-order valence-electron chi connectivity index (χ2n) is 11.4. The van der Waals surface area contributed by atoms with Gasteiger partial charge in [0, 0.05) is 25.1 Å². The number of ether oxygens (including phenoxy) is 1. The molecule has 3 fully saturated rings. The van der Waals surface area contributed by atoms with E-state index in [9.17, 15) is 29.4 Å². The first-order valence-electron chi connectivity index (χ1n) is 13.9. The molecule has 2 aliphatic carbocycles. The number of hydrogen-bond donors (Lipinski definition) is 2. The van der Waals surface area contributed by atoms with Crippen LogP contribution in [0, 0.1) is 17.8 Å². The molecule has 2 heterocycles. The average molecular weight is 613 g/mol. The normalized spacial score (nSPS) is 32.0. The first-order chi connectivity index (χ1) is 20.0. The van der Waals surface area contributed by atoms with Crippen molar-refractivity contribution in [3.8, 4) is 11.5 Å². The third-order valence-electron chi connectivity index (χ3n) is 9.24. The SMILES string of the molecule is CN1C(=O)C2(Cl)CC3C(=CCC4C(=O)N(CCc5ccc(O)cc5)C(=O)C43)C(c3ccccc3OCCO)C2(Cl)C1=O. The van der Waals surface area contributed by atoms with E-state index < -0.39 is 45.2 Å². The van der Waals surface area contributed by atoms with Gasteiger partial charge in [-0.15, -0.1) is 23.2 Å². The predicted octanol–water partition coefficient (Wildman–Crippen LogP) is 2.99. The van der Waals surface area contributed by atoms with Crippen molar-refractivity contribution >= 4 is 46.8 Å². The zero-order chi connectivity index (χ0) is 30.0. The minimum absolute atomic E-state index is 0.00598. The number of benzene rings is 2. The molecule has 2 N–H and O–H groups in total. The van der Waals surface area contributed by atoms with E-state index >= 15 is 0 Å². The van der Waals surface area contributed by atoms with Crippen LogP contribution in [0.4, 0.5) is 0 Å². The van der Waals surface area contributed by atoms with E-state index in [1.54, 1.807) is 48.5 Å². The number of aliphatic hydroxyl groups excluding tert-OH is 1. The van der Waals surface area contributed by atoms with Gasteiger partial charge in [-0.1, -0.05) is 42.0 Å². The number of phenols is 1. The highest BCUT2D eigenvalue weighted by atomic mass is 35.5. The second-order valence-corrected chi connectivity index (χ2v) is 12.6. The van der Waals surface area contributed by atoms with Gasteiger partial charge in [0.15, 0.2) is 9.75 Å². The zero-order valence-corrected chi connectivity index (χ0v) is 24.3. The van der Waals surface area contributed by atoms with E-state index in [2.05, 4.69) is 0 Å². The van der Waals surface area contributed by atoms with Gasteiger partial charge < -0.3 is 14.9 Å². The Labute approximate surface area is 252 Å². The lowest BCUT2D eigenvalue weighted by Crippen LogP contribution is -2.60. The molecule has 6 unspecified atom stereocenters. The summed E-state index contributed by atoms with van der Waals surface area (Å²) in [5.41, 5.74) is 2.06. The highest BCUT2D eigenvalue weighted by Crippen LogP contribution is 2.66. The van der Waals surface area contributed by atoms with Crippen LogP contribution in [0.5, 0.6) is 11.5 Å². The Hall–Kier alpha value is -3.40. The molecule has 9 nitrogen and oxygen atoms in total. The van der Waals surface area contributed by atoms with Gasteiger partial charge in [-0.3, -0.25) is 29.0 Å². The van der Waals surface area contributed by atoms with E-state index in [1.807, 2.05) is 6.08 Å². The Morgan fingerprint density at radius 1 is 0.976 bits per heavy atom. The van der Waals surface area contributed by atoms with E-state index in [-0.39, 0.29) is 50.2 Å². The highest BCUT2D eigenvalue weighted by Gasteiger charge is 2.76. The number of nitrogens with zero attached hydrogens (tertiary/aromatic N) is 2. The van der Waals surface area contributed by atoms with Crippen LogP contribution in [-0.4, -0.2) is 80.2 Å². The number of phenolic OH excluding ortho intramolecular Hbond substituents is 1. The largest absolute Gasteiger partial charge is 0.508 e. The molecule has 6 rings (SSSR count). The molecule has 4 amide bonds. The fraction of sp³-hybridized carbons (Fsp3) is 0.419. The number of para-hydroxylation sites is 1. The molecule has 0 bridgehead atoms. The fourth-order valence-corrected chi connectivity index (χ4v) is 8.30. The number of aromatic hydroxyl groups is 1. The maximum absolute atomic E-state index is 14.0. The van der Waals surface area contributed by atoms with Crippen LogP contribution < -0.4 is 4.74 Å². The molecule has 42 heavy (non-hydrogen) atoms. The van der Waals surface area contributed by atoms with Gasteiger partial charge in [-0.05, 0) is 48.9 Å². The van der Waals surface area contributed by atoms with Gasteiger partial charge in [-0.2, -0.15) is 0 Å². The molecule has 2 aromatic carbocycles. The molecule has 2 saturated heterocycles. The topological polar surface area (TPSA) is 124 Å². The Kier molecular flexibility index (Phi) is 7.11.